The number of nitrogens with zero attached hydrogens (tertiary/aromatic N) is 1. The van der Waals surface area contributed by atoms with Gasteiger partial charge in [-0.05, 0) is 37.3 Å². The lowest BCUT2D eigenvalue weighted by Gasteiger charge is -2.17. The predicted octanol–water partition coefficient (Wildman–Crippen LogP) is 4.25. The average Bonchev–Trinajstić information content (AvgIpc) is 2.49. The number of anilines is 1. The number of aromatic nitrogens is 1. The fourth-order valence-electron chi connectivity index (χ4n) is 2.35. The lowest BCUT2D eigenvalue weighted by atomic mass is 10.1. The van der Waals surface area contributed by atoms with Gasteiger partial charge in [0.2, 0.25) is 0 Å². The number of nitrogens with one attached hydrogen (secondary N) is 1. The second-order valence-electron chi connectivity index (χ2n) is 4.99. The zero-order valence-electron chi connectivity index (χ0n) is 11.5. The smallest absolute Gasteiger partial charge is 0.123 e. The molecule has 1 atom stereocenters. The van der Waals surface area contributed by atoms with Crippen LogP contribution in [-0.4, -0.2) is 10.1 Å². The van der Waals surface area contributed by atoms with Gasteiger partial charge in [0.05, 0.1) is 23.4 Å². The Morgan fingerprint density at radius 2 is 1.95 bits per heavy atom. The molecule has 0 saturated carbocycles. The van der Waals surface area contributed by atoms with Crippen LogP contribution >= 0.6 is 0 Å². The van der Waals surface area contributed by atoms with Crippen molar-refractivity contribution >= 4 is 16.6 Å². The number of aromatic hydroxyl groups is 1. The van der Waals surface area contributed by atoms with Crippen LogP contribution in [0.3, 0.4) is 0 Å². The number of rotatable bonds is 3. The summed E-state index contributed by atoms with van der Waals surface area (Å²) in [5.41, 5.74) is 2.26. The zero-order chi connectivity index (χ0) is 14.8. The molecule has 1 unspecified atom stereocenters. The van der Waals surface area contributed by atoms with Crippen LogP contribution in [0.5, 0.6) is 5.75 Å². The molecule has 106 valence electrons. The van der Waals surface area contributed by atoms with Crippen LogP contribution < -0.4 is 5.32 Å². The Morgan fingerprint density at radius 1 is 1.14 bits per heavy atom. The predicted molar refractivity (Wildman–Crippen MR) is 81.8 cm³/mol. The second-order valence-corrected chi connectivity index (χ2v) is 4.99. The number of benzene rings is 2. The lowest BCUT2D eigenvalue weighted by Crippen LogP contribution is -2.07. The minimum atomic E-state index is -0.368. The monoisotopic (exact) mass is 282 g/mol. The first kappa shape index (κ1) is 13.4. The van der Waals surface area contributed by atoms with Gasteiger partial charge in [-0.1, -0.05) is 18.2 Å². The highest BCUT2D eigenvalue weighted by atomic mass is 19.1. The molecule has 0 radical (unpaired) electrons. The summed E-state index contributed by atoms with van der Waals surface area (Å²) in [6, 6.07) is 13.5. The van der Waals surface area contributed by atoms with Crippen molar-refractivity contribution in [2.24, 2.45) is 0 Å². The number of phenols is 1. The quantitative estimate of drug-likeness (QED) is 0.754. The van der Waals surface area contributed by atoms with E-state index in [0.29, 0.717) is 5.56 Å². The Kier molecular flexibility index (Phi) is 3.44. The van der Waals surface area contributed by atoms with Gasteiger partial charge in [-0.3, -0.25) is 4.98 Å². The van der Waals surface area contributed by atoms with E-state index in [1.54, 1.807) is 6.20 Å². The molecule has 0 saturated heterocycles. The van der Waals surface area contributed by atoms with Crippen molar-refractivity contribution in [2.45, 2.75) is 13.0 Å². The molecule has 0 fully saturated rings. The molecular formula is C17H15FN2O. The number of fused-ring (bicyclic) bond motifs is 1. The Bertz CT molecular complexity index is 789. The number of hydrogen-bond acceptors (Lipinski definition) is 3. The van der Waals surface area contributed by atoms with Crippen molar-refractivity contribution in [3.05, 3.63) is 66.1 Å². The number of phenolic OH excluding ortho intramolecular Hbond substituents is 1. The van der Waals surface area contributed by atoms with Crippen molar-refractivity contribution < 1.29 is 9.50 Å². The largest absolute Gasteiger partial charge is 0.508 e. The van der Waals surface area contributed by atoms with E-state index in [4.69, 9.17) is 0 Å². The lowest BCUT2D eigenvalue weighted by molar-refractivity contribution is 0.462. The summed E-state index contributed by atoms with van der Waals surface area (Å²) in [6.45, 7) is 1.86. The van der Waals surface area contributed by atoms with E-state index in [9.17, 15) is 9.50 Å². The van der Waals surface area contributed by atoms with Gasteiger partial charge in [0.1, 0.15) is 11.6 Å². The first-order valence-corrected chi connectivity index (χ1v) is 6.73. The van der Waals surface area contributed by atoms with Crippen molar-refractivity contribution in [3.63, 3.8) is 0 Å². The minimum absolute atomic E-state index is 0.0742. The zero-order valence-corrected chi connectivity index (χ0v) is 11.5. The summed E-state index contributed by atoms with van der Waals surface area (Å²) >= 11 is 0. The minimum Gasteiger partial charge on any atom is -0.508 e. The van der Waals surface area contributed by atoms with Gasteiger partial charge < -0.3 is 10.4 Å². The molecule has 4 heteroatoms. The molecule has 2 N–H and O–H groups in total. The maximum absolute atomic E-state index is 13.3. The average molecular weight is 282 g/mol. The van der Waals surface area contributed by atoms with E-state index in [1.807, 2.05) is 37.3 Å². The van der Waals surface area contributed by atoms with Gasteiger partial charge in [0.25, 0.3) is 0 Å². The van der Waals surface area contributed by atoms with Crippen LogP contribution in [0.15, 0.2) is 54.7 Å². The number of para-hydroxylation sites is 1. The maximum atomic E-state index is 13.3. The number of pyridine rings is 1. The SMILES string of the molecule is CC(Nc1cnc2ccccc2c1)c1cc(F)ccc1O. The Hall–Kier alpha value is -2.62. The van der Waals surface area contributed by atoms with Crippen molar-refractivity contribution in [1.82, 2.24) is 4.98 Å². The number of hydrogen-bond donors (Lipinski definition) is 2. The number of halogens is 1. The topological polar surface area (TPSA) is 45.2 Å². The van der Waals surface area contributed by atoms with Gasteiger partial charge in [0.15, 0.2) is 0 Å². The Morgan fingerprint density at radius 3 is 2.81 bits per heavy atom. The van der Waals surface area contributed by atoms with Crippen molar-refractivity contribution in [3.8, 4) is 5.75 Å². The summed E-state index contributed by atoms with van der Waals surface area (Å²) in [6.07, 6.45) is 1.73. The van der Waals surface area contributed by atoms with E-state index in [1.165, 1.54) is 18.2 Å². The van der Waals surface area contributed by atoms with E-state index in [2.05, 4.69) is 10.3 Å². The molecule has 3 nitrogen and oxygen atoms in total. The summed E-state index contributed by atoms with van der Waals surface area (Å²) < 4.78 is 13.3. The molecule has 0 aliphatic heterocycles. The summed E-state index contributed by atoms with van der Waals surface area (Å²) in [5.74, 6) is -0.293. The highest BCUT2D eigenvalue weighted by Crippen LogP contribution is 2.28. The fourth-order valence-corrected chi connectivity index (χ4v) is 2.35. The first-order chi connectivity index (χ1) is 10.1. The second kappa shape index (κ2) is 5.40. The van der Waals surface area contributed by atoms with Crippen LogP contribution in [0, 0.1) is 5.82 Å². The fraction of sp³-hybridized carbons (Fsp3) is 0.118. The van der Waals surface area contributed by atoms with Crippen LogP contribution in [0.25, 0.3) is 10.9 Å². The molecular weight excluding hydrogens is 267 g/mol. The maximum Gasteiger partial charge on any atom is 0.123 e. The molecule has 21 heavy (non-hydrogen) atoms. The standard InChI is InChI=1S/C17H15FN2O/c1-11(15-9-13(18)6-7-17(15)21)20-14-8-12-4-2-3-5-16(12)19-10-14/h2-11,20-21H,1H3. The molecule has 1 aromatic heterocycles. The first-order valence-electron chi connectivity index (χ1n) is 6.73. The highest BCUT2D eigenvalue weighted by Gasteiger charge is 2.11. The van der Waals surface area contributed by atoms with Crippen LogP contribution in [0.2, 0.25) is 0 Å². The normalized spacial score (nSPS) is 12.3. The summed E-state index contributed by atoms with van der Waals surface area (Å²) in [4.78, 5) is 4.37. The molecule has 1 heterocycles. The van der Waals surface area contributed by atoms with Gasteiger partial charge >= 0.3 is 0 Å². The molecule has 3 aromatic rings. The van der Waals surface area contributed by atoms with E-state index >= 15 is 0 Å². The van der Waals surface area contributed by atoms with Crippen LogP contribution in [0.4, 0.5) is 10.1 Å². The Balaban J connectivity index is 1.88. The Labute approximate surface area is 122 Å². The molecule has 3 rings (SSSR count). The summed E-state index contributed by atoms with van der Waals surface area (Å²) in [7, 11) is 0. The molecule has 0 spiro atoms. The molecule has 0 aliphatic carbocycles. The summed E-state index contributed by atoms with van der Waals surface area (Å²) in [5, 5.41) is 14.1. The van der Waals surface area contributed by atoms with E-state index in [0.717, 1.165) is 16.6 Å². The molecule has 2 aromatic carbocycles. The third-order valence-corrected chi connectivity index (χ3v) is 3.43. The third kappa shape index (κ3) is 2.79. The molecule has 0 amide bonds. The molecule has 0 bridgehead atoms. The van der Waals surface area contributed by atoms with Crippen molar-refractivity contribution in [1.29, 1.82) is 0 Å². The molecule has 0 aliphatic rings. The van der Waals surface area contributed by atoms with Gasteiger partial charge in [-0.25, -0.2) is 4.39 Å². The van der Waals surface area contributed by atoms with Crippen LogP contribution in [0.1, 0.15) is 18.5 Å². The van der Waals surface area contributed by atoms with Gasteiger partial charge in [0, 0.05) is 10.9 Å². The van der Waals surface area contributed by atoms with E-state index < -0.39 is 0 Å². The van der Waals surface area contributed by atoms with Crippen molar-refractivity contribution in [2.75, 3.05) is 5.32 Å². The van der Waals surface area contributed by atoms with Gasteiger partial charge in [-0.15, -0.1) is 0 Å². The van der Waals surface area contributed by atoms with Crippen LogP contribution in [-0.2, 0) is 0 Å². The highest BCUT2D eigenvalue weighted by molar-refractivity contribution is 5.81. The van der Waals surface area contributed by atoms with Gasteiger partial charge in [-0.2, -0.15) is 0 Å². The van der Waals surface area contributed by atoms with E-state index in [-0.39, 0.29) is 17.6 Å². The third-order valence-electron chi connectivity index (χ3n) is 3.43.